The van der Waals surface area contributed by atoms with Gasteiger partial charge in [-0.3, -0.25) is 9.59 Å². The largest absolute Gasteiger partial charge is 0.497 e. The third-order valence-electron chi connectivity index (χ3n) is 4.63. The van der Waals surface area contributed by atoms with E-state index < -0.39 is 0 Å². The van der Waals surface area contributed by atoms with E-state index in [2.05, 4.69) is 15.4 Å². The van der Waals surface area contributed by atoms with E-state index >= 15 is 0 Å². The summed E-state index contributed by atoms with van der Waals surface area (Å²) in [6, 6.07) is 17.1. The van der Waals surface area contributed by atoms with Crippen LogP contribution < -0.4 is 15.6 Å². The SMILES string of the molecule is COc1ccc(CNC(=O)Cn2nc(C)c3sc(-c4ccccc4)nc3c2=O)cc1. The summed E-state index contributed by atoms with van der Waals surface area (Å²) in [5, 5.41) is 7.89. The summed E-state index contributed by atoms with van der Waals surface area (Å²) in [4.78, 5) is 29.8. The van der Waals surface area contributed by atoms with E-state index in [1.807, 2.05) is 61.5 Å². The second kappa shape index (κ2) is 8.46. The first-order chi connectivity index (χ1) is 14.5. The normalized spacial score (nSPS) is 10.9. The third kappa shape index (κ3) is 4.08. The van der Waals surface area contributed by atoms with Gasteiger partial charge in [0.25, 0.3) is 5.56 Å². The fourth-order valence-corrected chi connectivity index (χ4v) is 4.05. The van der Waals surface area contributed by atoms with Crippen LogP contribution in [-0.2, 0) is 17.9 Å². The number of aromatic nitrogens is 3. The second-order valence-electron chi connectivity index (χ2n) is 6.74. The van der Waals surface area contributed by atoms with E-state index in [9.17, 15) is 9.59 Å². The molecule has 0 aliphatic carbocycles. The third-order valence-corrected chi connectivity index (χ3v) is 5.84. The van der Waals surface area contributed by atoms with Crippen molar-refractivity contribution in [3.05, 3.63) is 76.2 Å². The van der Waals surface area contributed by atoms with Gasteiger partial charge in [-0.25, -0.2) is 9.67 Å². The highest BCUT2D eigenvalue weighted by Crippen LogP contribution is 2.29. The highest BCUT2D eigenvalue weighted by Gasteiger charge is 2.16. The molecule has 1 N–H and O–H groups in total. The highest BCUT2D eigenvalue weighted by atomic mass is 32.1. The van der Waals surface area contributed by atoms with Crippen LogP contribution >= 0.6 is 11.3 Å². The number of amides is 1. The van der Waals surface area contributed by atoms with E-state index in [1.54, 1.807) is 7.11 Å². The van der Waals surface area contributed by atoms with Crippen LogP contribution in [0.15, 0.2) is 59.4 Å². The molecule has 0 atom stereocenters. The molecule has 0 radical (unpaired) electrons. The van der Waals surface area contributed by atoms with Crippen molar-refractivity contribution in [2.75, 3.05) is 7.11 Å². The Morgan fingerprint density at radius 1 is 1.13 bits per heavy atom. The van der Waals surface area contributed by atoms with Gasteiger partial charge in [0, 0.05) is 12.1 Å². The van der Waals surface area contributed by atoms with Crippen LogP contribution in [0.1, 0.15) is 11.3 Å². The molecule has 0 aliphatic rings. The number of hydrogen-bond donors (Lipinski definition) is 1. The van der Waals surface area contributed by atoms with E-state index in [0.29, 0.717) is 17.8 Å². The molecule has 0 fully saturated rings. The molecule has 0 bridgehead atoms. The van der Waals surface area contributed by atoms with Gasteiger partial charge in [-0.15, -0.1) is 11.3 Å². The van der Waals surface area contributed by atoms with E-state index in [1.165, 1.54) is 16.0 Å². The molecule has 4 rings (SSSR count). The molecular formula is C22H20N4O3S. The lowest BCUT2D eigenvalue weighted by Crippen LogP contribution is -2.33. The number of rotatable bonds is 6. The number of hydrogen-bond acceptors (Lipinski definition) is 6. The van der Waals surface area contributed by atoms with Crippen LogP contribution in [0.3, 0.4) is 0 Å². The molecule has 0 aliphatic heterocycles. The number of carbonyl (C=O) groups excluding carboxylic acids is 1. The minimum absolute atomic E-state index is 0.163. The topological polar surface area (TPSA) is 86.1 Å². The summed E-state index contributed by atoms with van der Waals surface area (Å²) in [7, 11) is 1.60. The maximum atomic E-state index is 12.9. The van der Waals surface area contributed by atoms with Gasteiger partial charge in [0.1, 0.15) is 17.3 Å². The summed E-state index contributed by atoms with van der Waals surface area (Å²) in [5.41, 5.74) is 2.53. The standard InChI is InChI=1S/C22H20N4O3S/c1-14-20-19(24-21(30-20)16-6-4-3-5-7-16)22(28)26(25-14)13-18(27)23-12-15-8-10-17(29-2)11-9-15/h3-11H,12-13H2,1-2H3,(H,23,27). The number of fused-ring (bicyclic) bond motifs is 1. The lowest BCUT2D eigenvalue weighted by molar-refractivity contribution is -0.122. The average Bonchev–Trinajstić information content (AvgIpc) is 3.23. The van der Waals surface area contributed by atoms with Crippen molar-refractivity contribution in [2.45, 2.75) is 20.0 Å². The van der Waals surface area contributed by atoms with Crippen molar-refractivity contribution in [1.82, 2.24) is 20.1 Å². The Labute approximate surface area is 177 Å². The summed E-state index contributed by atoms with van der Waals surface area (Å²) < 4.78 is 7.04. The Kier molecular flexibility index (Phi) is 5.58. The van der Waals surface area contributed by atoms with Crippen molar-refractivity contribution in [3.8, 4) is 16.3 Å². The Morgan fingerprint density at radius 3 is 2.57 bits per heavy atom. The molecule has 152 valence electrons. The van der Waals surface area contributed by atoms with Gasteiger partial charge < -0.3 is 10.1 Å². The molecule has 2 aromatic heterocycles. The molecule has 0 saturated heterocycles. The lowest BCUT2D eigenvalue weighted by atomic mass is 10.2. The summed E-state index contributed by atoms with van der Waals surface area (Å²) in [6.07, 6.45) is 0. The average molecular weight is 420 g/mol. The molecule has 2 heterocycles. The molecule has 0 saturated carbocycles. The number of nitrogens with one attached hydrogen (secondary N) is 1. The number of methoxy groups -OCH3 is 1. The van der Waals surface area contributed by atoms with Crippen molar-refractivity contribution in [3.63, 3.8) is 0 Å². The van der Waals surface area contributed by atoms with Crippen molar-refractivity contribution < 1.29 is 9.53 Å². The molecule has 2 aromatic carbocycles. The first kappa shape index (κ1) is 19.8. The van der Waals surface area contributed by atoms with E-state index in [4.69, 9.17) is 4.74 Å². The molecule has 1 amide bonds. The summed E-state index contributed by atoms with van der Waals surface area (Å²) >= 11 is 1.43. The maximum absolute atomic E-state index is 12.9. The smallest absolute Gasteiger partial charge is 0.294 e. The maximum Gasteiger partial charge on any atom is 0.294 e. The Morgan fingerprint density at radius 2 is 1.87 bits per heavy atom. The van der Waals surface area contributed by atoms with Gasteiger partial charge in [0.15, 0.2) is 5.52 Å². The van der Waals surface area contributed by atoms with Gasteiger partial charge in [-0.05, 0) is 24.6 Å². The van der Waals surface area contributed by atoms with Crippen molar-refractivity contribution >= 4 is 27.5 Å². The highest BCUT2D eigenvalue weighted by molar-refractivity contribution is 7.21. The molecule has 4 aromatic rings. The molecule has 30 heavy (non-hydrogen) atoms. The summed E-state index contributed by atoms with van der Waals surface area (Å²) in [6.45, 7) is 2.01. The fraction of sp³-hybridized carbons (Fsp3) is 0.182. The Bertz CT molecular complexity index is 1250. The van der Waals surface area contributed by atoms with Crippen LogP contribution in [-0.4, -0.2) is 27.8 Å². The van der Waals surface area contributed by atoms with Gasteiger partial charge in [-0.2, -0.15) is 5.10 Å². The van der Waals surface area contributed by atoms with Crippen molar-refractivity contribution in [2.24, 2.45) is 0 Å². The zero-order valence-electron chi connectivity index (χ0n) is 16.6. The number of nitrogens with zero attached hydrogens (tertiary/aromatic N) is 3. The van der Waals surface area contributed by atoms with Gasteiger partial charge >= 0.3 is 0 Å². The first-order valence-corrected chi connectivity index (χ1v) is 10.2. The van der Waals surface area contributed by atoms with Crippen LogP contribution in [0.4, 0.5) is 0 Å². The minimum atomic E-state index is -0.367. The van der Waals surface area contributed by atoms with Gasteiger partial charge in [0.05, 0.1) is 17.5 Å². The predicted octanol–water partition coefficient (Wildman–Crippen LogP) is 3.15. The first-order valence-electron chi connectivity index (χ1n) is 9.38. The minimum Gasteiger partial charge on any atom is -0.497 e. The van der Waals surface area contributed by atoms with Crippen LogP contribution in [0, 0.1) is 6.92 Å². The molecule has 0 spiro atoms. The van der Waals surface area contributed by atoms with Gasteiger partial charge in [0.2, 0.25) is 5.91 Å². The van der Waals surface area contributed by atoms with E-state index in [-0.39, 0.29) is 18.0 Å². The fourth-order valence-electron chi connectivity index (χ4n) is 3.05. The molecule has 8 heteroatoms. The van der Waals surface area contributed by atoms with Crippen LogP contribution in [0.25, 0.3) is 20.8 Å². The number of aryl methyl sites for hydroxylation is 1. The Hall–Kier alpha value is -3.52. The Balaban J connectivity index is 1.53. The zero-order valence-corrected chi connectivity index (χ0v) is 17.4. The number of ether oxygens (including phenoxy) is 1. The molecule has 0 unspecified atom stereocenters. The van der Waals surface area contributed by atoms with Crippen molar-refractivity contribution in [1.29, 1.82) is 0 Å². The number of benzene rings is 2. The predicted molar refractivity (Wildman–Crippen MR) is 117 cm³/mol. The number of thiazole rings is 1. The summed E-state index contributed by atoms with van der Waals surface area (Å²) in [5.74, 6) is 0.459. The lowest BCUT2D eigenvalue weighted by Gasteiger charge is -2.08. The monoisotopic (exact) mass is 420 g/mol. The molecular weight excluding hydrogens is 400 g/mol. The zero-order chi connectivity index (χ0) is 21.1. The van der Waals surface area contributed by atoms with Gasteiger partial charge in [-0.1, -0.05) is 42.5 Å². The second-order valence-corrected chi connectivity index (χ2v) is 7.73. The quantitative estimate of drug-likeness (QED) is 0.518. The number of carbonyl (C=O) groups is 1. The van der Waals surface area contributed by atoms with E-state index in [0.717, 1.165) is 26.6 Å². The molecule has 7 nitrogen and oxygen atoms in total. The van der Waals surface area contributed by atoms with Crippen LogP contribution in [0.5, 0.6) is 5.75 Å². The van der Waals surface area contributed by atoms with Crippen LogP contribution in [0.2, 0.25) is 0 Å².